The van der Waals surface area contributed by atoms with Crippen LogP contribution in [-0.4, -0.2) is 17.1 Å². The van der Waals surface area contributed by atoms with Crippen LogP contribution in [-0.2, 0) is 11.2 Å². The Kier molecular flexibility index (Phi) is 4.83. The maximum absolute atomic E-state index is 12.1. The third-order valence-corrected chi connectivity index (χ3v) is 3.44. The molecule has 0 aliphatic carbocycles. The number of amides is 1. The standard InChI is InChI=1S/C16H17ClN2O2/c1-10-2-7-13(17)15(8-10)19-16(21)14(18)9-11-3-5-12(20)6-4-11/h2-8,14,20H,9,18H2,1H3,(H,19,21). The summed E-state index contributed by atoms with van der Waals surface area (Å²) in [7, 11) is 0. The van der Waals surface area contributed by atoms with Gasteiger partial charge in [0.2, 0.25) is 5.91 Å². The Morgan fingerprint density at radius 1 is 1.29 bits per heavy atom. The fourth-order valence-corrected chi connectivity index (χ4v) is 2.10. The van der Waals surface area contributed by atoms with Crippen LogP contribution in [0.1, 0.15) is 11.1 Å². The fourth-order valence-electron chi connectivity index (χ4n) is 1.94. The second-order valence-electron chi connectivity index (χ2n) is 4.95. The van der Waals surface area contributed by atoms with Crippen molar-refractivity contribution in [1.82, 2.24) is 0 Å². The summed E-state index contributed by atoms with van der Waals surface area (Å²) >= 11 is 6.04. The summed E-state index contributed by atoms with van der Waals surface area (Å²) in [5, 5.41) is 12.4. The minimum absolute atomic E-state index is 0.184. The van der Waals surface area contributed by atoms with Gasteiger partial charge in [-0.3, -0.25) is 4.79 Å². The smallest absolute Gasteiger partial charge is 0.241 e. The van der Waals surface area contributed by atoms with E-state index in [0.717, 1.165) is 11.1 Å². The van der Waals surface area contributed by atoms with Gasteiger partial charge in [0.05, 0.1) is 16.8 Å². The van der Waals surface area contributed by atoms with E-state index in [1.165, 1.54) is 0 Å². The SMILES string of the molecule is Cc1ccc(Cl)c(NC(=O)C(N)Cc2ccc(O)cc2)c1. The number of hydrogen-bond donors (Lipinski definition) is 3. The Labute approximate surface area is 128 Å². The molecule has 4 N–H and O–H groups in total. The number of phenolic OH excluding ortho intramolecular Hbond substituents is 1. The summed E-state index contributed by atoms with van der Waals surface area (Å²) in [4.78, 5) is 12.1. The summed E-state index contributed by atoms with van der Waals surface area (Å²) in [6.07, 6.45) is 0.384. The lowest BCUT2D eigenvalue weighted by Gasteiger charge is -2.14. The number of nitrogens with two attached hydrogens (primary N) is 1. The number of halogens is 1. The quantitative estimate of drug-likeness (QED) is 0.813. The van der Waals surface area contributed by atoms with Crippen molar-refractivity contribution in [3.05, 3.63) is 58.6 Å². The van der Waals surface area contributed by atoms with Crippen LogP contribution < -0.4 is 11.1 Å². The second-order valence-corrected chi connectivity index (χ2v) is 5.36. The lowest BCUT2D eigenvalue weighted by atomic mass is 10.1. The molecule has 0 aromatic heterocycles. The Morgan fingerprint density at radius 3 is 2.62 bits per heavy atom. The van der Waals surface area contributed by atoms with Crippen molar-refractivity contribution in [3.63, 3.8) is 0 Å². The minimum Gasteiger partial charge on any atom is -0.508 e. The van der Waals surface area contributed by atoms with Gasteiger partial charge in [-0.1, -0.05) is 29.8 Å². The zero-order valence-corrected chi connectivity index (χ0v) is 12.4. The van der Waals surface area contributed by atoms with Gasteiger partial charge in [-0.05, 0) is 48.7 Å². The molecule has 0 heterocycles. The number of carbonyl (C=O) groups is 1. The van der Waals surface area contributed by atoms with Crippen LogP contribution in [0.5, 0.6) is 5.75 Å². The first-order valence-corrected chi connectivity index (χ1v) is 6.94. The first-order valence-electron chi connectivity index (χ1n) is 6.56. The molecule has 0 aliphatic rings. The monoisotopic (exact) mass is 304 g/mol. The summed E-state index contributed by atoms with van der Waals surface area (Å²) in [6, 6.07) is 11.3. The number of aromatic hydroxyl groups is 1. The van der Waals surface area contributed by atoms with E-state index in [4.69, 9.17) is 17.3 Å². The van der Waals surface area contributed by atoms with E-state index < -0.39 is 6.04 Å². The molecule has 0 saturated heterocycles. The van der Waals surface area contributed by atoms with Crippen molar-refractivity contribution in [1.29, 1.82) is 0 Å². The summed E-state index contributed by atoms with van der Waals surface area (Å²) in [5.74, 6) is -0.112. The predicted molar refractivity (Wildman–Crippen MR) is 84.6 cm³/mol. The molecule has 0 radical (unpaired) electrons. The molecule has 1 atom stereocenters. The average molecular weight is 305 g/mol. The van der Waals surface area contributed by atoms with Gasteiger partial charge in [0.25, 0.3) is 0 Å². The first kappa shape index (κ1) is 15.4. The van der Waals surface area contributed by atoms with E-state index in [0.29, 0.717) is 17.1 Å². The average Bonchev–Trinajstić information content (AvgIpc) is 2.45. The van der Waals surface area contributed by atoms with Crippen LogP contribution >= 0.6 is 11.6 Å². The molecule has 0 aliphatic heterocycles. The Hall–Kier alpha value is -2.04. The summed E-state index contributed by atoms with van der Waals surface area (Å²) < 4.78 is 0. The van der Waals surface area contributed by atoms with E-state index in [9.17, 15) is 9.90 Å². The van der Waals surface area contributed by atoms with Crippen molar-refractivity contribution in [2.24, 2.45) is 5.73 Å². The molecular weight excluding hydrogens is 288 g/mol. The van der Waals surface area contributed by atoms with E-state index in [1.807, 2.05) is 13.0 Å². The highest BCUT2D eigenvalue weighted by atomic mass is 35.5. The Morgan fingerprint density at radius 2 is 1.95 bits per heavy atom. The number of rotatable bonds is 4. The molecule has 0 saturated carbocycles. The van der Waals surface area contributed by atoms with Crippen LogP contribution in [0.25, 0.3) is 0 Å². The zero-order chi connectivity index (χ0) is 15.4. The molecule has 2 rings (SSSR count). The van der Waals surface area contributed by atoms with Crippen LogP contribution in [0, 0.1) is 6.92 Å². The first-order chi connectivity index (χ1) is 9.95. The van der Waals surface area contributed by atoms with Crippen molar-refractivity contribution in [2.45, 2.75) is 19.4 Å². The third kappa shape index (κ3) is 4.21. The van der Waals surface area contributed by atoms with Gasteiger partial charge in [0.1, 0.15) is 5.75 Å². The van der Waals surface area contributed by atoms with Gasteiger partial charge in [-0.25, -0.2) is 0 Å². The molecule has 0 fully saturated rings. The molecular formula is C16H17ClN2O2. The third-order valence-electron chi connectivity index (χ3n) is 3.11. The van der Waals surface area contributed by atoms with Crippen LogP contribution in [0.2, 0.25) is 5.02 Å². The number of aryl methyl sites for hydroxylation is 1. The molecule has 0 bridgehead atoms. The van der Waals surface area contributed by atoms with Crippen molar-refractivity contribution in [3.8, 4) is 5.75 Å². The largest absolute Gasteiger partial charge is 0.508 e. The summed E-state index contributed by atoms with van der Waals surface area (Å²) in [6.45, 7) is 1.92. The van der Waals surface area contributed by atoms with Crippen LogP contribution in [0.4, 0.5) is 5.69 Å². The summed E-state index contributed by atoms with van der Waals surface area (Å²) in [5.41, 5.74) is 8.35. The van der Waals surface area contributed by atoms with Crippen molar-refractivity contribution >= 4 is 23.2 Å². The molecule has 0 spiro atoms. The predicted octanol–water partition coefficient (Wildman–Crippen LogP) is 2.86. The number of carbonyl (C=O) groups excluding carboxylic acids is 1. The maximum atomic E-state index is 12.1. The van der Waals surface area contributed by atoms with E-state index in [1.54, 1.807) is 36.4 Å². The highest BCUT2D eigenvalue weighted by Crippen LogP contribution is 2.23. The fraction of sp³-hybridized carbons (Fsp3) is 0.188. The maximum Gasteiger partial charge on any atom is 0.241 e. The van der Waals surface area contributed by atoms with Gasteiger partial charge >= 0.3 is 0 Å². The van der Waals surface area contributed by atoms with Crippen molar-refractivity contribution in [2.75, 3.05) is 5.32 Å². The van der Waals surface area contributed by atoms with Gasteiger partial charge in [-0.15, -0.1) is 0 Å². The molecule has 5 heteroatoms. The molecule has 1 amide bonds. The van der Waals surface area contributed by atoms with E-state index in [-0.39, 0.29) is 11.7 Å². The number of anilines is 1. The van der Waals surface area contributed by atoms with Crippen molar-refractivity contribution < 1.29 is 9.90 Å². The molecule has 1 unspecified atom stereocenters. The van der Waals surface area contributed by atoms with E-state index >= 15 is 0 Å². The van der Waals surface area contributed by atoms with E-state index in [2.05, 4.69) is 5.32 Å². The Bertz CT molecular complexity index is 641. The number of benzene rings is 2. The number of nitrogens with one attached hydrogen (secondary N) is 1. The Balaban J connectivity index is 2.02. The number of hydrogen-bond acceptors (Lipinski definition) is 3. The van der Waals surface area contributed by atoms with Crippen LogP contribution in [0.3, 0.4) is 0 Å². The lowest BCUT2D eigenvalue weighted by molar-refractivity contribution is -0.117. The number of phenols is 1. The lowest BCUT2D eigenvalue weighted by Crippen LogP contribution is -2.37. The van der Waals surface area contributed by atoms with Gasteiger partial charge in [0.15, 0.2) is 0 Å². The topological polar surface area (TPSA) is 75.4 Å². The van der Waals surface area contributed by atoms with Gasteiger partial charge in [-0.2, -0.15) is 0 Å². The minimum atomic E-state index is -0.689. The van der Waals surface area contributed by atoms with Gasteiger partial charge < -0.3 is 16.2 Å². The zero-order valence-electron chi connectivity index (χ0n) is 11.6. The molecule has 2 aromatic rings. The normalized spacial score (nSPS) is 12.0. The van der Waals surface area contributed by atoms with Gasteiger partial charge in [0, 0.05) is 0 Å². The molecule has 4 nitrogen and oxygen atoms in total. The molecule has 21 heavy (non-hydrogen) atoms. The van der Waals surface area contributed by atoms with Crippen LogP contribution in [0.15, 0.2) is 42.5 Å². The molecule has 110 valence electrons. The molecule has 2 aromatic carbocycles. The highest BCUT2D eigenvalue weighted by molar-refractivity contribution is 6.33. The highest BCUT2D eigenvalue weighted by Gasteiger charge is 2.15. The second kappa shape index (κ2) is 6.61.